The molecule has 3 aromatic carbocycles. The van der Waals surface area contributed by atoms with Crippen molar-refractivity contribution in [3.8, 4) is 11.5 Å². The van der Waals surface area contributed by atoms with Gasteiger partial charge < -0.3 is 30.9 Å². The number of carboxylic acid groups (broad SMARTS) is 1. The van der Waals surface area contributed by atoms with Crippen molar-refractivity contribution in [2.45, 2.75) is 134 Å². The Bertz CT molecular complexity index is 1760. The van der Waals surface area contributed by atoms with E-state index in [1.165, 1.54) is 34.4 Å². The van der Waals surface area contributed by atoms with Crippen molar-refractivity contribution in [3.05, 3.63) is 88.2 Å². The van der Waals surface area contributed by atoms with E-state index in [9.17, 15) is 23.6 Å². The van der Waals surface area contributed by atoms with Crippen LogP contribution in [0.5, 0.6) is 11.5 Å². The lowest BCUT2D eigenvalue weighted by atomic mass is 9.87. The maximum atomic E-state index is 13.1. The van der Waals surface area contributed by atoms with E-state index < -0.39 is 11.8 Å². The summed E-state index contributed by atoms with van der Waals surface area (Å²) < 4.78 is 23.7. The molecule has 0 saturated carbocycles. The Hall–Kier alpha value is -4.93. The van der Waals surface area contributed by atoms with Crippen molar-refractivity contribution >= 4 is 29.3 Å². The summed E-state index contributed by atoms with van der Waals surface area (Å²) >= 11 is 0. The van der Waals surface area contributed by atoms with Crippen LogP contribution in [0.4, 0.5) is 10.1 Å². The predicted molar refractivity (Wildman–Crippen MR) is 216 cm³/mol. The molecule has 5 rings (SSSR count). The van der Waals surface area contributed by atoms with Gasteiger partial charge in [-0.3, -0.25) is 19.2 Å². The fourth-order valence-electron chi connectivity index (χ4n) is 7.57. The topological polar surface area (TPSA) is 157 Å². The normalized spacial score (nSPS) is 15.6. The number of methoxy groups -OCH3 is 2. The van der Waals surface area contributed by atoms with Crippen LogP contribution in [0.25, 0.3) is 0 Å². The van der Waals surface area contributed by atoms with Crippen LogP contribution in [0.15, 0.2) is 54.6 Å². The zero-order valence-corrected chi connectivity index (χ0v) is 33.1. The lowest BCUT2D eigenvalue weighted by Gasteiger charge is -2.27. The number of carboxylic acids is 1. The molecule has 56 heavy (non-hydrogen) atoms. The van der Waals surface area contributed by atoms with Gasteiger partial charge in [0.05, 0.1) is 26.3 Å². The Morgan fingerprint density at radius 1 is 0.679 bits per heavy atom. The largest absolute Gasteiger partial charge is 0.497 e. The molecule has 2 atom stereocenters. The number of carbonyl (C=O) groups is 4. The average Bonchev–Trinajstić information content (AvgIpc) is 3.18. The van der Waals surface area contributed by atoms with Crippen molar-refractivity contribution in [3.63, 3.8) is 0 Å². The van der Waals surface area contributed by atoms with E-state index in [0.29, 0.717) is 36.9 Å². The highest BCUT2D eigenvalue weighted by Crippen LogP contribution is 2.33. The molecule has 0 fully saturated rings. The first-order valence-corrected chi connectivity index (χ1v) is 20.3. The molecule has 11 heteroatoms. The quantitative estimate of drug-likeness (QED) is 0.0657. The van der Waals surface area contributed by atoms with E-state index in [-0.39, 0.29) is 42.5 Å². The smallest absolute Gasteiger partial charge is 0.303 e. The van der Waals surface area contributed by atoms with Gasteiger partial charge in [-0.15, -0.1) is 0 Å². The number of Topliss-reactive ketones (excluding diaryl/α,β-unsaturated/α-hetero) is 1. The summed E-state index contributed by atoms with van der Waals surface area (Å²) in [5.74, 6) is 0.852. The van der Waals surface area contributed by atoms with Gasteiger partial charge in [-0.1, -0.05) is 43.9 Å². The number of aliphatic carboxylic acids is 1. The summed E-state index contributed by atoms with van der Waals surface area (Å²) in [6.07, 6.45) is 14.8. The molecule has 0 saturated heterocycles. The molecule has 2 aliphatic rings. The van der Waals surface area contributed by atoms with E-state index in [0.717, 1.165) is 95.0 Å². The highest BCUT2D eigenvalue weighted by molar-refractivity contribution is 5.82. The number of nitrogens with two attached hydrogens (primary N) is 1. The minimum absolute atomic E-state index is 0.0775. The van der Waals surface area contributed by atoms with Crippen LogP contribution in [0, 0.1) is 5.82 Å². The molecule has 304 valence electrons. The van der Waals surface area contributed by atoms with Gasteiger partial charge in [0.25, 0.3) is 0 Å². The predicted octanol–water partition coefficient (Wildman–Crippen LogP) is 8.68. The van der Waals surface area contributed by atoms with Gasteiger partial charge in [-0.2, -0.15) is 0 Å². The average molecular weight is 774 g/mol. The zero-order chi connectivity index (χ0) is 40.3. The summed E-state index contributed by atoms with van der Waals surface area (Å²) in [5.41, 5.74) is 11.7. The fourth-order valence-corrected chi connectivity index (χ4v) is 7.57. The van der Waals surface area contributed by atoms with Gasteiger partial charge in [0.2, 0.25) is 11.8 Å². The number of hydrogen-bond acceptors (Lipinski definition) is 7. The molecule has 0 heterocycles. The van der Waals surface area contributed by atoms with E-state index in [1.807, 2.05) is 12.1 Å². The van der Waals surface area contributed by atoms with Crippen LogP contribution >= 0.6 is 0 Å². The van der Waals surface area contributed by atoms with E-state index in [1.54, 1.807) is 20.3 Å². The molecule has 0 aliphatic heterocycles. The minimum atomic E-state index is -0.750. The summed E-state index contributed by atoms with van der Waals surface area (Å²) in [6.45, 7) is 0. The lowest BCUT2D eigenvalue weighted by Crippen LogP contribution is -2.30. The van der Waals surface area contributed by atoms with Crippen LogP contribution in [0.1, 0.15) is 143 Å². The van der Waals surface area contributed by atoms with Crippen LogP contribution in [-0.4, -0.2) is 42.9 Å². The number of benzene rings is 3. The second kappa shape index (κ2) is 23.2. The summed E-state index contributed by atoms with van der Waals surface area (Å²) in [7, 11) is 3.33. The molecule has 2 unspecified atom stereocenters. The number of amides is 2. The molecule has 0 aromatic heterocycles. The summed E-state index contributed by atoms with van der Waals surface area (Å²) in [4.78, 5) is 47.1. The van der Waals surface area contributed by atoms with Gasteiger partial charge in [-0.25, -0.2) is 4.39 Å². The number of fused-ring (bicyclic) bond motifs is 2. The zero-order valence-electron chi connectivity index (χ0n) is 33.1. The van der Waals surface area contributed by atoms with Gasteiger partial charge in [0.1, 0.15) is 23.1 Å². The van der Waals surface area contributed by atoms with Crippen LogP contribution in [0.3, 0.4) is 0 Å². The van der Waals surface area contributed by atoms with Gasteiger partial charge in [0, 0.05) is 37.8 Å². The number of aryl methyl sites for hydroxylation is 2. The van der Waals surface area contributed by atoms with Gasteiger partial charge in [0.15, 0.2) is 0 Å². The van der Waals surface area contributed by atoms with Crippen molar-refractivity contribution in [2.75, 3.05) is 20.0 Å². The molecule has 0 bridgehead atoms. The molecule has 10 nitrogen and oxygen atoms in total. The Labute approximate surface area is 331 Å². The van der Waals surface area contributed by atoms with Crippen molar-refractivity contribution in [1.29, 1.82) is 0 Å². The first kappa shape index (κ1) is 43.8. The lowest BCUT2D eigenvalue weighted by molar-refractivity contribution is -0.137. The van der Waals surface area contributed by atoms with E-state index in [2.05, 4.69) is 34.9 Å². The summed E-state index contributed by atoms with van der Waals surface area (Å²) in [5, 5.41) is 14.9. The second-order valence-electron chi connectivity index (χ2n) is 14.9. The number of carbonyl (C=O) groups excluding carboxylic acids is 3. The van der Waals surface area contributed by atoms with Crippen LogP contribution in [0.2, 0.25) is 0 Å². The molecule has 2 aliphatic carbocycles. The Kier molecular flexibility index (Phi) is 18.2. The molecule has 5 N–H and O–H groups in total. The minimum Gasteiger partial charge on any atom is -0.497 e. The molecular weight excluding hydrogens is 714 g/mol. The number of halogens is 1. The number of ether oxygens (including phenoxy) is 2. The number of nitrogens with one attached hydrogen (secondary N) is 2. The molecule has 0 spiro atoms. The fraction of sp³-hybridized carbons (Fsp3) is 0.511. The number of hydrogen-bond donors (Lipinski definition) is 4. The molecule has 2 amide bonds. The summed E-state index contributed by atoms with van der Waals surface area (Å²) in [6, 6.07) is 16.5. The highest BCUT2D eigenvalue weighted by Gasteiger charge is 2.23. The number of anilines is 1. The monoisotopic (exact) mass is 773 g/mol. The van der Waals surface area contributed by atoms with Gasteiger partial charge in [-0.05, 0) is 128 Å². The Morgan fingerprint density at radius 3 is 1.62 bits per heavy atom. The number of nitrogen functional groups attached to an aromatic ring is 1. The van der Waals surface area contributed by atoms with E-state index in [4.69, 9.17) is 20.3 Å². The number of ketones is 1. The van der Waals surface area contributed by atoms with Crippen molar-refractivity contribution in [2.24, 2.45) is 0 Å². The SMILES string of the molecule is COc1ccc2c(c1)CCCC2NC(=O)CCCCCCC(=O)Cc1ccc(F)cc1N.COc1ccc2c(c1)CCCC2NC(=O)CCCCCCC(=O)O. The number of unbranched alkanes of at least 4 members (excludes halogenated alkanes) is 6. The third kappa shape index (κ3) is 14.6. The first-order chi connectivity index (χ1) is 27.1. The maximum Gasteiger partial charge on any atom is 0.303 e. The van der Waals surface area contributed by atoms with Crippen LogP contribution < -0.4 is 25.8 Å². The highest BCUT2D eigenvalue weighted by atomic mass is 19.1. The Balaban J connectivity index is 0.000000259. The Morgan fingerprint density at radius 2 is 1.16 bits per heavy atom. The molecule has 0 radical (unpaired) electrons. The van der Waals surface area contributed by atoms with Crippen LogP contribution in [-0.2, 0) is 38.4 Å². The standard InChI is InChI=1S/C26H33FN2O3.C19H27NO4/c1-32-22-13-14-23-18(16-22)7-6-9-25(23)29-26(31)10-5-3-2-4-8-21(30)15-19-11-12-20(27)17-24(19)28;1-24-15-11-12-16-14(13-15)7-6-8-17(16)20-18(21)9-4-2-3-5-10-19(22)23/h11-14,16-17,25H,2-10,15,28H2,1H3,(H,29,31);11-13,17H,2-10H2,1H3,(H,20,21)(H,22,23). The third-order valence-electron chi connectivity index (χ3n) is 10.6. The third-order valence-corrected chi connectivity index (χ3v) is 10.6. The first-order valence-electron chi connectivity index (χ1n) is 20.3. The maximum absolute atomic E-state index is 13.1. The molecular formula is C45H60FN3O7. The molecule has 3 aromatic rings. The second-order valence-corrected chi connectivity index (χ2v) is 14.9. The van der Waals surface area contributed by atoms with E-state index >= 15 is 0 Å². The van der Waals surface area contributed by atoms with Crippen molar-refractivity contribution < 1.29 is 38.1 Å². The van der Waals surface area contributed by atoms with Gasteiger partial charge >= 0.3 is 5.97 Å². The number of rotatable bonds is 20. The van der Waals surface area contributed by atoms with Crippen molar-refractivity contribution in [1.82, 2.24) is 10.6 Å².